The lowest BCUT2D eigenvalue weighted by Gasteiger charge is -2.41. The third kappa shape index (κ3) is 5.93. The van der Waals surface area contributed by atoms with Gasteiger partial charge in [-0.15, -0.1) is 0 Å². The average molecular weight is 700 g/mol. The van der Waals surface area contributed by atoms with Gasteiger partial charge in [0.25, 0.3) is 10.9 Å². The molecule has 0 unspecified atom stereocenters. The number of anilines is 3. The van der Waals surface area contributed by atoms with Crippen LogP contribution in [0.15, 0.2) is 101 Å². The summed E-state index contributed by atoms with van der Waals surface area (Å²) in [7, 11) is 0. The van der Waals surface area contributed by atoms with Crippen molar-refractivity contribution in [3.63, 3.8) is 0 Å². The number of rotatable bonds is 5. The summed E-state index contributed by atoms with van der Waals surface area (Å²) in [5.74, 6) is 0. The van der Waals surface area contributed by atoms with E-state index in [2.05, 4.69) is 64.1 Å². The van der Waals surface area contributed by atoms with Crippen molar-refractivity contribution >= 4 is 38.6 Å². The van der Waals surface area contributed by atoms with Crippen LogP contribution in [-0.2, 0) is 25.4 Å². The summed E-state index contributed by atoms with van der Waals surface area (Å²) >= 11 is 0. The van der Waals surface area contributed by atoms with Crippen molar-refractivity contribution in [3.8, 4) is 11.1 Å². The smallest absolute Gasteiger partial charge is 0.376 e. The molecule has 2 aliphatic rings. The van der Waals surface area contributed by atoms with Crippen molar-refractivity contribution in [2.75, 3.05) is 10.6 Å². The molecule has 0 amide bonds. The van der Waals surface area contributed by atoms with Gasteiger partial charge in [0.1, 0.15) is 11.4 Å². The van der Waals surface area contributed by atoms with Gasteiger partial charge < -0.3 is 10.6 Å². The van der Waals surface area contributed by atoms with Crippen molar-refractivity contribution in [2.24, 2.45) is 0 Å². The molecule has 6 aromatic carbocycles. The van der Waals surface area contributed by atoms with Crippen molar-refractivity contribution in [3.05, 3.63) is 134 Å². The van der Waals surface area contributed by atoms with Crippen molar-refractivity contribution in [1.82, 2.24) is 4.90 Å². The summed E-state index contributed by atoms with van der Waals surface area (Å²) in [5, 5.41) is 10.2. The number of nitrogens with zero attached hydrogens (tertiary/aromatic N) is 1. The highest BCUT2D eigenvalue weighted by molar-refractivity contribution is 6.08. The topological polar surface area (TPSA) is 61.4 Å². The second kappa shape index (κ2) is 12.3. The summed E-state index contributed by atoms with van der Waals surface area (Å²) in [4.78, 5) is 28.0. The first kappa shape index (κ1) is 33.0. The van der Waals surface area contributed by atoms with Crippen LogP contribution in [0.2, 0.25) is 0 Å². The quantitative estimate of drug-likeness (QED) is 0.139. The van der Waals surface area contributed by atoms with Crippen molar-refractivity contribution < 1.29 is 26.3 Å². The largest absolute Gasteiger partial charge is 0.416 e. The van der Waals surface area contributed by atoms with Crippen LogP contribution in [0.5, 0.6) is 0 Å². The lowest BCUT2D eigenvalue weighted by atomic mass is 9.88. The Balaban J connectivity index is 1.15. The highest BCUT2D eigenvalue weighted by atomic mass is 19.4. The summed E-state index contributed by atoms with van der Waals surface area (Å²) < 4.78 is 81.2. The van der Waals surface area contributed by atoms with Crippen LogP contribution in [0.1, 0.15) is 47.9 Å². The zero-order valence-electron chi connectivity index (χ0n) is 27.1. The second-order valence-electron chi connectivity index (χ2n) is 13.5. The molecule has 0 spiro atoms. The third-order valence-corrected chi connectivity index (χ3v) is 10.3. The number of hydrogen-bond donors (Lipinski definition) is 2. The average Bonchev–Trinajstić information content (AvgIpc) is 3.29. The molecule has 1 saturated carbocycles. The van der Waals surface area contributed by atoms with Gasteiger partial charge in [-0.25, -0.2) is 0 Å². The minimum Gasteiger partial charge on any atom is -0.376 e. The molecule has 8 rings (SSSR count). The molecular weight excluding hydrogens is 668 g/mol. The first-order chi connectivity index (χ1) is 24.4. The summed E-state index contributed by atoms with van der Waals surface area (Å²) in [5.41, 5.74) is -1.34. The maximum absolute atomic E-state index is 13.5. The molecule has 2 N–H and O–H groups in total. The number of fused-ring (bicyclic) bond motifs is 7. The van der Waals surface area contributed by atoms with Gasteiger partial charge in [0, 0.05) is 30.9 Å². The van der Waals surface area contributed by atoms with Crippen LogP contribution >= 0.6 is 0 Å². The molecule has 2 atom stereocenters. The van der Waals surface area contributed by atoms with Gasteiger partial charge in [-0.1, -0.05) is 85.6 Å². The van der Waals surface area contributed by atoms with Crippen LogP contribution < -0.4 is 21.5 Å². The molecule has 260 valence electrons. The number of nitrogens with one attached hydrogen (secondary N) is 2. The zero-order chi connectivity index (χ0) is 35.7. The van der Waals surface area contributed by atoms with Gasteiger partial charge >= 0.3 is 12.4 Å². The lowest BCUT2D eigenvalue weighted by molar-refractivity contribution is -0.143. The summed E-state index contributed by atoms with van der Waals surface area (Å²) in [6, 6.07) is 25.8. The van der Waals surface area contributed by atoms with Crippen LogP contribution in [0, 0.1) is 0 Å². The number of alkyl halides is 6. The molecule has 0 radical (unpaired) electrons. The molecule has 6 aromatic rings. The molecule has 11 heteroatoms. The predicted octanol–water partition coefficient (Wildman–Crippen LogP) is 9.78. The molecule has 1 aliphatic heterocycles. The van der Waals surface area contributed by atoms with Crippen LogP contribution in [0.25, 0.3) is 32.7 Å². The van der Waals surface area contributed by atoms with E-state index >= 15 is 0 Å². The van der Waals surface area contributed by atoms with Crippen LogP contribution in [0.3, 0.4) is 0 Å². The minimum absolute atomic E-state index is 0.0161. The Morgan fingerprint density at radius 3 is 1.67 bits per heavy atom. The Bertz CT molecular complexity index is 2270. The van der Waals surface area contributed by atoms with Crippen molar-refractivity contribution in [1.29, 1.82) is 0 Å². The highest BCUT2D eigenvalue weighted by Crippen LogP contribution is 2.44. The van der Waals surface area contributed by atoms with E-state index in [4.69, 9.17) is 0 Å². The molecule has 1 fully saturated rings. The number of halogens is 6. The summed E-state index contributed by atoms with van der Waals surface area (Å²) in [6.45, 7) is 1.21. The Kier molecular flexibility index (Phi) is 7.94. The van der Waals surface area contributed by atoms with Crippen LogP contribution in [0.4, 0.5) is 43.4 Å². The normalized spacial score (nSPS) is 18.4. The predicted molar refractivity (Wildman–Crippen MR) is 187 cm³/mol. The van der Waals surface area contributed by atoms with Gasteiger partial charge in [-0.05, 0) is 74.8 Å². The van der Waals surface area contributed by atoms with Crippen molar-refractivity contribution in [2.45, 2.75) is 63.2 Å². The van der Waals surface area contributed by atoms with Gasteiger partial charge in [0.15, 0.2) is 0 Å². The fraction of sp³-hybridized carbons (Fsp3) is 0.250. The molecular formula is C40H31F6N3O2. The van der Waals surface area contributed by atoms with Crippen LogP contribution in [-0.4, -0.2) is 17.0 Å². The standard InChI is InChI=1S/C40H31F6N3O2/c41-39(42,43)26-17-27(40(44,45)46)19-28(18-26)47-35-36(38(51)37(35)50)48-31-11-5-6-12-32(31)49-20-24-15-13-22-7-1-3-9-29(22)33(24)34-25(21-49)16-14-23-8-2-4-10-30(23)34/h1-4,7-10,13-19,31-32,47-48H,5-6,11-12,20-21H2/t31-,32-/m1/s1. The molecule has 0 saturated heterocycles. The first-order valence-electron chi connectivity index (χ1n) is 16.8. The van der Waals surface area contributed by atoms with E-state index in [1.165, 1.54) is 11.1 Å². The Hall–Kier alpha value is -5.16. The maximum Gasteiger partial charge on any atom is 0.416 e. The molecule has 0 bridgehead atoms. The fourth-order valence-corrected chi connectivity index (χ4v) is 7.94. The highest BCUT2D eigenvalue weighted by Gasteiger charge is 2.38. The molecule has 0 aromatic heterocycles. The summed E-state index contributed by atoms with van der Waals surface area (Å²) in [6.07, 6.45) is -6.93. The second-order valence-corrected chi connectivity index (χ2v) is 13.5. The minimum atomic E-state index is -5.06. The van der Waals surface area contributed by atoms with E-state index in [-0.39, 0.29) is 29.5 Å². The molecule has 5 nitrogen and oxygen atoms in total. The van der Waals surface area contributed by atoms with E-state index < -0.39 is 40.0 Å². The van der Waals surface area contributed by atoms with E-state index in [0.717, 1.165) is 51.9 Å². The van der Waals surface area contributed by atoms with E-state index in [1.807, 2.05) is 24.3 Å². The zero-order valence-corrected chi connectivity index (χ0v) is 27.1. The SMILES string of the molecule is O=c1c(Nc2cc(C(F)(F)F)cc(C(F)(F)F)c2)c(N[C@@H]2CCCC[C@H]2N2Cc3ccc4ccccc4c3-c3c(ccc4ccccc34)C2)c1=O. The molecule has 1 aliphatic carbocycles. The van der Waals surface area contributed by atoms with Gasteiger partial charge in [-0.3, -0.25) is 14.5 Å². The van der Waals surface area contributed by atoms with Gasteiger partial charge in [0.2, 0.25) is 0 Å². The number of benzene rings is 5. The van der Waals surface area contributed by atoms with E-state index in [1.54, 1.807) is 0 Å². The lowest BCUT2D eigenvalue weighted by Crippen LogP contribution is -2.50. The van der Waals surface area contributed by atoms with Gasteiger partial charge in [-0.2, -0.15) is 26.3 Å². The maximum atomic E-state index is 13.5. The Morgan fingerprint density at radius 2 is 1.12 bits per heavy atom. The molecule has 51 heavy (non-hydrogen) atoms. The first-order valence-corrected chi connectivity index (χ1v) is 16.8. The Labute approximate surface area is 288 Å². The van der Waals surface area contributed by atoms with Gasteiger partial charge in [0.05, 0.1) is 11.1 Å². The fourth-order valence-electron chi connectivity index (χ4n) is 7.94. The number of hydrogen-bond acceptors (Lipinski definition) is 5. The van der Waals surface area contributed by atoms with E-state index in [9.17, 15) is 35.9 Å². The third-order valence-electron chi connectivity index (χ3n) is 10.3. The Morgan fingerprint density at radius 1 is 0.608 bits per heavy atom. The van der Waals surface area contributed by atoms with E-state index in [0.29, 0.717) is 31.6 Å². The molecule has 1 heterocycles. The monoisotopic (exact) mass is 699 g/mol.